The van der Waals surface area contributed by atoms with Crippen LogP contribution in [0.5, 0.6) is 5.75 Å². The first-order chi connectivity index (χ1) is 15.2. The van der Waals surface area contributed by atoms with Gasteiger partial charge in [-0.1, -0.05) is 18.2 Å². The van der Waals surface area contributed by atoms with Crippen LogP contribution in [0.3, 0.4) is 0 Å². The maximum atomic E-state index is 11.5. The quantitative estimate of drug-likeness (QED) is 0.315. The van der Waals surface area contributed by atoms with Crippen molar-refractivity contribution < 1.29 is 23.1 Å². The number of carbonyl (C=O) groups is 1. The fraction of sp³-hybridized carbons (Fsp3) is 0.0909. The second-order valence-corrected chi connectivity index (χ2v) is 8.83. The van der Waals surface area contributed by atoms with Crippen LogP contribution in [0.2, 0.25) is 0 Å². The smallest absolute Gasteiger partial charge is 0.409 e. The number of rotatable bonds is 6. The van der Waals surface area contributed by atoms with Gasteiger partial charge in [0, 0.05) is 22.5 Å². The Labute approximate surface area is 184 Å². The number of amides is 1. The van der Waals surface area contributed by atoms with Crippen molar-refractivity contribution in [3.05, 3.63) is 60.7 Å². The summed E-state index contributed by atoms with van der Waals surface area (Å²) < 4.78 is 31.0. The molecule has 0 atom stereocenters. The first-order valence-corrected chi connectivity index (χ1v) is 11.4. The number of pyridine rings is 1. The largest absolute Gasteiger partial charge is 0.494 e. The van der Waals surface area contributed by atoms with Crippen molar-refractivity contribution in [1.82, 2.24) is 4.98 Å². The van der Waals surface area contributed by atoms with Crippen LogP contribution >= 0.6 is 0 Å². The molecule has 0 saturated heterocycles. The third-order valence-electron chi connectivity index (χ3n) is 4.70. The highest BCUT2D eigenvalue weighted by atomic mass is 32.2. The highest BCUT2D eigenvalue weighted by molar-refractivity contribution is 7.92. The van der Waals surface area contributed by atoms with Gasteiger partial charge in [0.2, 0.25) is 10.0 Å². The summed E-state index contributed by atoms with van der Waals surface area (Å²) in [7, 11) is -1.93. The molecule has 4 aromatic rings. The van der Waals surface area contributed by atoms with E-state index in [0.717, 1.165) is 28.2 Å². The fourth-order valence-electron chi connectivity index (χ4n) is 3.44. The van der Waals surface area contributed by atoms with Gasteiger partial charge >= 0.3 is 6.09 Å². The van der Waals surface area contributed by atoms with Crippen molar-refractivity contribution in [2.45, 2.75) is 0 Å². The number of aromatic nitrogens is 1. The third kappa shape index (κ3) is 4.49. The Bertz CT molecular complexity index is 1450. The Kier molecular flexibility index (Phi) is 5.45. The third-order valence-corrected chi connectivity index (χ3v) is 5.30. The van der Waals surface area contributed by atoms with Crippen LogP contribution in [0.1, 0.15) is 0 Å². The molecule has 1 amide bonds. The van der Waals surface area contributed by atoms with Gasteiger partial charge in [0.25, 0.3) is 0 Å². The van der Waals surface area contributed by atoms with E-state index in [1.54, 1.807) is 36.4 Å². The van der Waals surface area contributed by atoms with Crippen molar-refractivity contribution in [3.63, 3.8) is 0 Å². The number of nitrogens with one attached hydrogen (secondary N) is 3. The van der Waals surface area contributed by atoms with Crippen molar-refractivity contribution >= 4 is 60.7 Å². The zero-order chi connectivity index (χ0) is 22.9. The molecule has 0 bridgehead atoms. The average Bonchev–Trinajstić information content (AvgIpc) is 2.72. The number of fused-ring (bicyclic) bond motifs is 2. The molecule has 1 heterocycles. The van der Waals surface area contributed by atoms with Gasteiger partial charge in [-0.25, -0.2) is 18.2 Å². The van der Waals surface area contributed by atoms with Gasteiger partial charge in [-0.05, 0) is 36.4 Å². The van der Waals surface area contributed by atoms with Gasteiger partial charge in [0.15, 0.2) is 0 Å². The van der Waals surface area contributed by atoms with Gasteiger partial charge in [0.05, 0.1) is 41.5 Å². The van der Waals surface area contributed by atoms with E-state index in [2.05, 4.69) is 20.3 Å². The number of para-hydroxylation sites is 1. The first-order valence-electron chi connectivity index (χ1n) is 9.49. The lowest BCUT2D eigenvalue weighted by Crippen LogP contribution is -2.09. The van der Waals surface area contributed by atoms with Crippen LogP contribution in [0.25, 0.3) is 21.8 Å². The molecule has 1 aromatic heterocycles. The molecule has 164 valence electrons. The summed E-state index contributed by atoms with van der Waals surface area (Å²) in [6.07, 6.45) is -0.0787. The van der Waals surface area contributed by atoms with Crippen LogP contribution in [-0.4, -0.2) is 38.0 Å². The molecule has 0 aliphatic rings. The van der Waals surface area contributed by atoms with E-state index in [0.29, 0.717) is 28.3 Å². The molecule has 0 unspecified atom stereocenters. The molecule has 4 rings (SSSR count). The molecule has 3 aromatic carbocycles. The lowest BCUT2D eigenvalue weighted by Gasteiger charge is -2.17. The highest BCUT2D eigenvalue weighted by Gasteiger charge is 2.14. The van der Waals surface area contributed by atoms with Crippen molar-refractivity contribution in [3.8, 4) is 5.75 Å². The van der Waals surface area contributed by atoms with Gasteiger partial charge in [0.1, 0.15) is 5.75 Å². The van der Waals surface area contributed by atoms with E-state index in [9.17, 15) is 13.2 Å². The molecular formula is C22H20N4O5S. The minimum Gasteiger partial charge on any atom is -0.494 e. The second-order valence-electron chi connectivity index (χ2n) is 7.08. The summed E-state index contributed by atoms with van der Waals surface area (Å²) in [5, 5.41) is 16.4. The van der Waals surface area contributed by atoms with Crippen molar-refractivity contribution in [2.24, 2.45) is 0 Å². The number of ether oxygens (including phenoxy) is 1. The minimum absolute atomic E-state index is 0.378. The van der Waals surface area contributed by atoms with Crippen LogP contribution in [0.4, 0.5) is 27.5 Å². The second kappa shape index (κ2) is 8.23. The summed E-state index contributed by atoms with van der Waals surface area (Å²) in [6, 6.07) is 17.6. The summed E-state index contributed by atoms with van der Waals surface area (Å²) in [4.78, 5) is 15.7. The maximum absolute atomic E-state index is 11.5. The monoisotopic (exact) mass is 452 g/mol. The van der Waals surface area contributed by atoms with E-state index in [4.69, 9.17) is 9.84 Å². The molecule has 9 nitrogen and oxygen atoms in total. The standard InChI is InChI=1S/C22H20N4O5S/c1-31-20-12-14(26-32(2,29)30)8-10-18(20)25-21-15-5-3-4-6-17(15)24-19-11-13(23-22(27)28)7-9-16(19)21/h3-12,23,26H,1-2H3,(H,24,25)(H,27,28). The summed E-state index contributed by atoms with van der Waals surface area (Å²) in [5.41, 5.74) is 3.50. The lowest BCUT2D eigenvalue weighted by atomic mass is 10.1. The fourth-order valence-corrected chi connectivity index (χ4v) is 3.99. The molecule has 0 fully saturated rings. The number of hydrogen-bond acceptors (Lipinski definition) is 6. The van der Waals surface area contributed by atoms with Crippen LogP contribution in [0, 0.1) is 0 Å². The van der Waals surface area contributed by atoms with Crippen molar-refractivity contribution in [2.75, 3.05) is 28.7 Å². The normalized spacial score (nSPS) is 11.3. The number of benzene rings is 3. The van der Waals surface area contributed by atoms with E-state index in [-0.39, 0.29) is 0 Å². The van der Waals surface area contributed by atoms with E-state index >= 15 is 0 Å². The summed E-state index contributed by atoms with van der Waals surface area (Å²) in [6.45, 7) is 0. The molecular weight excluding hydrogens is 432 g/mol. The Morgan fingerprint density at radius 2 is 1.69 bits per heavy atom. The van der Waals surface area contributed by atoms with Gasteiger partial charge in [-0.3, -0.25) is 10.0 Å². The molecule has 0 radical (unpaired) electrons. The van der Waals surface area contributed by atoms with Crippen LogP contribution in [-0.2, 0) is 10.0 Å². The summed E-state index contributed by atoms with van der Waals surface area (Å²) >= 11 is 0. The SMILES string of the molecule is COc1cc(NS(C)(=O)=O)ccc1Nc1c2ccccc2nc2cc(NC(=O)O)ccc12. The number of anilines is 4. The average molecular weight is 452 g/mol. The van der Waals surface area contributed by atoms with Crippen LogP contribution < -0.4 is 20.1 Å². The summed E-state index contributed by atoms with van der Waals surface area (Å²) in [5.74, 6) is 0.442. The van der Waals surface area contributed by atoms with Gasteiger partial charge < -0.3 is 15.2 Å². The molecule has 0 aliphatic carbocycles. The molecule has 32 heavy (non-hydrogen) atoms. The maximum Gasteiger partial charge on any atom is 0.409 e. The van der Waals surface area contributed by atoms with E-state index < -0.39 is 16.1 Å². The Balaban J connectivity index is 1.85. The highest BCUT2D eigenvalue weighted by Crippen LogP contribution is 2.37. The minimum atomic E-state index is -3.43. The van der Waals surface area contributed by atoms with Gasteiger partial charge in [-0.15, -0.1) is 0 Å². The van der Waals surface area contributed by atoms with Gasteiger partial charge in [-0.2, -0.15) is 0 Å². The molecule has 4 N–H and O–H groups in total. The molecule has 0 aliphatic heterocycles. The van der Waals surface area contributed by atoms with Crippen LogP contribution in [0.15, 0.2) is 60.7 Å². The first kappa shape index (κ1) is 21.2. The predicted molar refractivity (Wildman–Crippen MR) is 126 cm³/mol. The predicted octanol–water partition coefficient (Wildman–Crippen LogP) is 4.60. The number of methoxy groups -OCH3 is 1. The van der Waals surface area contributed by atoms with E-state index in [1.165, 1.54) is 7.11 Å². The Morgan fingerprint density at radius 1 is 0.969 bits per heavy atom. The Hall–Kier alpha value is -4.05. The molecule has 0 spiro atoms. The zero-order valence-corrected chi connectivity index (χ0v) is 18.0. The number of hydrogen-bond donors (Lipinski definition) is 4. The van der Waals surface area contributed by atoms with E-state index in [1.807, 2.05) is 24.3 Å². The number of carboxylic acid groups (broad SMARTS) is 1. The number of nitrogens with zero attached hydrogens (tertiary/aromatic N) is 1. The topological polar surface area (TPSA) is 130 Å². The zero-order valence-electron chi connectivity index (χ0n) is 17.2. The molecule has 10 heteroatoms. The number of sulfonamides is 1. The molecule has 0 saturated carbocycles. The van der Waals surface area contributed by atoms with Crippen molar-refractivity contribution in [1.29, 1.82) is 0 Å². The Morgan fingerprint density at radius 3 is 2.41 bits per heavy atom. The lowest BCUT2D eigenvalue weighted by molar-refractivity contribution is 0.210.